The molecule has 1 nitrogen and oxygen atoms in total. The first-order chi connectivity index (χ1) is 12.3. The van der Waals surface area contributed by atoms with Crippen LogP contribution in [0.1, 0.15) is 35.6 Å². The predicted octanol–water partition coefficient (Wildman–Crippen LogP) is 6.25. The molecule has 1 heterocycles. The second-order valence-corrected chi connectivity index (χ2v) is 6.25. The number of fused-ring (bicyclic) bond motifs is 1. The maximum atomic E-state index is 3.99. The molecule has 2 aromatic rings. The molecule has 3 rings (SSSR count). The molecule has 1 heteroatoms. The molecule has 0 spiro atoms. The molecule has 0 bridgehead atoms. The number of hydrogen-bond acceptors (Lipinski definition) is 1. The molecule has 0 aliphatic carbocycles. The van der Waals surface area contributed by atoms with Crippen molar-refractivity contribution in [3.63, 3.8) is 0 Å². The van der Waals surface area contributed by atoms with Crippen molar-refractivity contribution in [1.29, 1.82) is 0 Å². The number of hydrogen-bond donors (Lipinski definition) is 0. The van der Waals surface area contributed by atoms with Crippen LogP contribution in [-0.4, -0.2) is 11.4 Å². The zero-order valence-corrected chi connectivity index (χ0v) is 14.7. The molecule has 126 valence electrons. The lowest BCUT2D eigenvalue weighted by molar-refractivity contribution is 0.323. The van der Waals surface area contributed by atoms with Gasteiger partial charge in [-0.3, -0.25) is 0 Å². The highest BCUT2D eigenvalue weighted by Crippen LogP contribution is 2.45. The van der Waals surface area contributed by atoms with Crippen LogP contribution in [0.15, 0.2) is 92.6 Å². The van der Waals surface area contributed by atoms with Crippen molar-refractivity contribution in [2.45, 2.75) is 18.9 Å². The molecule has 1 aliphatic heterocycles. The minimum absolute atomic E-state index is 0.274. The summed E-state index contributed by atoms with van der Waals surface area (Å²) in [5, 5.41) is 0. The lowest BCUT2D eigenvalue weighted by Gasteiger charge is -2.41. The topological polar surface area (TPSA) is 3.24 Å². The molecular weight excluding hydrogens is 302 g/mol. The van der Waals surface area contributed by atoms with Gasteiger partial charge in [-0.1, -0.05) is 72.8 Å². The van der Waals surface area contributed by atoms with Crippen LogP contribution < -0.4 is 0 Å². The van der Waals surface area contributed by atoms with Gasteiger partial charge >= 0.3 is 0 Å². The third-order valence-electron chi connectivity index (χ3n) is 4.71. The van der Waals surface area contributed by atoms with Crippen LogP contribution in [0.2, 0.25) is 0 Å². The summed E-state index contributed by atoms with van der Waals surface area (Å²) in [7, 11) is 0. The Morgan fingerprint density at radius 3 is 2.24 bits per heavy atom. The largest absolute Gasteiger partial charge is 0.360 e. The van der Waals surface area contributed by atoms with Crippen molar-refractivity contribution in [2.75, 3.05) is 6.54 Å². The van der Waals surface area contributed by atoms with E-state index in [-0.39, 0.29) is 6.04 Å². The van der Waals surface area contributed by atoms with Crippen molar-refractivity contribution in [3.05, 3.63) is 109 Å². The highest BCUT2D eigenvalue weighted by atomic mass is 15.2. The molecule has 0 saturated heterocycles. The average molecular weight is 327 g/mol. The first kappa shape index (κ1) is 17.0. The minimum atomic E-state index is 0.274. The predicted molar refractivity (Wildman–Crippen MR) is 109 cm³/mol. The van der Waals surface area contributed by atoms with Crippen molar-refractivity contribution < 1.29 is 0 Å². The van der Waals surface area contributed by atoms with Crippen LogP contribution in [0.3, 0.4) is 0 Å². The third-order valence-corrected chi connectivity index (χ3v) is 4.71. The monoisotopic (exact) mass is 327 g/mol. The SMILES string of the molecule is C=CCC1=C(c2ccccc2)N(CC=C)C(CC=C)c2ccccc21. The van der Waals surface area contributed by atoms with Gasteiger partial charge in [-0.05, 0) is 35.1 Å². The van der Waals surface area contributed by atoms with Gasteiger partial charge in [-0.2, -0.15) is 0 Å². The van der Waals surface area contributed by atoms with E-state index in [1.807, 2.05) is 18.2 Å². The van der Waals surface area contributed by atoms with Crippen molar-refractivity contribution in [2.24, 2.45) is 0 Å². The summed E-state index contributed by atoms with van der Waals surface area (Å²) in [4.78, 5) is 2.46. The highest BCUT2D eigenvalue weighted by Gasteiger charge is 2.31. The first-order valence-electron chi connectivity index (χ1n) is 8.79. The summed E-state index contributed by atoms with van der Waals surface area (Å²) < 4.78 is 0. The number of nitrogens with zero attached hydrogens (tertiary/aromatic N) is 1. The Morgan fingerprint density at radius 2 is 1.56 bits per heavy atom. The summed E-state index contributed by atoms with van der Waals surface area (Å²) in [5.74, 6) is 0. The van der Waals surface area contributed by atoms with Crippen LogP contribution in [0.4, 0.5) is 0 Å². The zero-order valence-electron chi connectivity index (χ0n) is 14.7. The van der Waals surface area contributed by atoms with E-state index in [4.69, 9.17) is 0 Å². The Kier molecular flexibility index (Phi) is 5.35. The molecule has 0 fully saturated rings. The highest BCUT2D eigenvalue weighted by molar-refractivity contribution is 5.93. The Hall–Kier alpha value is -2.80. The van der Waals surface area contributed by atoms with Crippen molar-refractivity contribution in [1.82, 2.24) is 4.90 Å². The zero-order chi connectivity index (χ0) is 17.6. The number of benzene rings is 2. The van der Waals surface area contributed by atoms with E-state index in [1.54, 1.807) is 0 Å². The summed E-state index contributed by atoms with van der Waals surface area (Å²) in [5.41, 5.74) is 6.55. The fraction of sp³-hybridized carbons (Fsp3) is 0.167. The molecule has 1 unspecified atom stereocenters. The molecule has 25 heavy (non-hydrogen) atoms. The first-order valence-corrected chi connectivity index (χ1v) is 8.79. The van der Waals surface area contributed by atoms with Gasteiger partial charge in [0.25, 0.3) is 0 Å². The number of allylic oxidation sites excluding steroid dienone is 2. The van der Waals surface area contributed by atoms with Gasteiger partial charge in [0.1, 0.15) is 0 Å². The summed E-state index contributed by atoms with van der Waals surface area (Å²) in [6.07, 6.45) is 7.74. The summed E-state index contributed by atoms with van der Waals surface area (Å²) >= 11 is 0. The Bertz CT molecular complexity index is 798. The van der Waals surface area contributed by atoms with E-state index in [0.717, 1.165) is 19.4 Å². The van der Waals surface area contributed by atoms with E-state index in [0.29, 0.717) is 0 Å². The van der Waals surface area contributed by atoms with Gasteiger partial charge in [0.15, 0.2) is 0 Å². The van der Waals surface area contributed by atoms with Gasteiger partial charge in [-0.25, -0.2) is 0 Å². The van der Waals surface area contributed by atoms with Gasteiger partial charge < -0.3 is 4.90 Å². The average Bonchev–Trinajstić information content (AvgIpc) is 2.66. The molecule has 2 aromatic carbocycles. The Labute approximate surface area is 151 Å². The smallest absolute Gasteiger partial charge is 0.0586 e. The van der Waals surface area contributed by atoms with Gasteiger partial charge in [0.05, 0.1) is 6.04 Å². The van der Waals surface area contributed by atoms with Gasteiger partial charge in [0, 0.05) is 12.2 Å². The van der Waals surface area contributed by atoms with Gasteiger partial charge in [0.2, 0.25) is 0 Å². The summed E-state index contributed by atoms with van der Waals surface area (Å²) in [6.45, 7) is 12.8. The third kappa shape index (κ3) is 3.23. The van der Waals surface area contributed by atoms with Crippen molar-refractivity contribution in [3.8, 4) is 0 Å². The lowest BCUT2D eigenvalue weighted by atomic mass is 9.83. The molecule has 0 amide bonds. The van der Waals surface area contributed by atoms with Crippen LogP contribution in [0, 0.1) is 0 Å². The van der Waals surface area contributed by atoms with Crippen LogP contribution in [0.5, 0.6) is 0 Å². The molecule has 0 N–H and O–H groups in total. The molecule has 0 aromatic heterocycles. The fourth-order valence-electron chi connectivity index (χ4n) is 3.74. The second-order valence-electron chi connectivity index (χ2n) is 6.25. The molecule has 0 saturated carbocycles. The van der Waals surface area contributed by atoms with Crippen LogP contribution in [-0.2, 0) is 0 Å². The van der Waals surface area contributed by atoms with Gasteiger partial charge in [-0.15, -0.1) is 19.7 Å². The van der Waals surface area contributed by atoms with E-state index in [9.17, 15) is 0 Å². The van der Waals surface area contributed by atoms with Crippen LogP contribution >= 0.6 is 0 Å². The van der Waals surface area contributed by atoms with Crippen molar-refractivity contribution >= 4 is 11.3 Å². The molecule has 1 atom stereocenters. The quantitative estimate of drug-likeness (QED) is 0.543. The maximum absolute atomic E-state index is 3.99. The Balaban J connectivity index is 2.30. The maximum Gasteiger partial charge on any atom is 0.0586 e. The van der Waals surface area contributed by atoms with E-state index in [1.165, 1.54) is 28.0 Å². The second kappa shape index (κ2) is 7.85. The van der Waals surface area contributed by atoms with E-state index in [2.05, 4.69) is 79.2 Å². The number of rotatable bonds is 7. The molecular formula is C24H25N. The van der Waals surface area contributed by atoms with E-state index >= 15 is 0 Å². The normalized spacial score (nSPS) is 16.3. The minimum Gasteiger partial charge on any atom is -0.360 e. The van der Waals surface area contributed by atoms with E-state index < -0.39 is 0 Å². The lowest BCUT2D eigenvalue weighted by Crippen LogP contribution is -2.32. The standard InChI is InChI=1S/C24H25N/c1-4-12-22-20-16-10-11-17-21(20)23(13-5-2)25(18-6-3)24(22)19-14-8-7-9-15-19/h4-11,14-17,23H,1-3,12-13,18H2. The Morgan fingerprint density at radius 1 is 0.840 bits per heavy atom. The summed E-state index contributed by atoms with van der Waals surface area (Å²) in [6, 6.07) is 19.6. The molecule has 0 radical (unpaired) electrons. The van der Waals surface area contributed by atoms with Crippen LogP contribution in [0.25, 0.3) is 11.3 Å². The molecule has 1 aliphatic rings. The fourth-order valence-corrected chi connectivity index (χ4v) is 3.74.